The first-order valence-electron chi connectivity index (χ1n) is 12.2. The SMILES string of the molecule is COc1ccc(CCNC(=O)c2oc3ccc(S(=O)(=O)N4C[C@@H](C)C[C@H](C)C4)cc3c2C)cc1OC. The lowest BCUT2D eigenvalue weighted by Crippen LogP contribution is -2.42. The minimum Gasteiger partial charge on any atom is -0.493 e. The molecule has 0 aliphatic carbocycles. The van der Waals surface area contributed by atoms with Gasteiger partial charge in [0.2, 0.25) is 10.0 Å². The van der Waals surface area contributed by atoms with Gasteiger partial charge in [-0.3, -0.25) is 4.79 Å². The van der Waals surface area contributed by atoms with Crippen LogP contribution in [0.4, 0.5) is 0 Å². The van der Waals surface area contributed by atoms with E-state index in [1.165, 1.54) is 0 Å². The van der Waals surface area contributed by atoms with Crippen molar-refractivity contribution < 1.29 is 27.1 Å². The fraction of sp³-hybridized carbons (Fsp3) is 0.444. The van der Waals surface area contributed by atoms with E-state index in [-0.39, 0.29) is 16.6 Å². The van der Waals surface area contributed by atoms with Gasteiger partial charge in [0, 0.05) is 30.6 Å². The Morgan fingerprint density at radius 3 is 2.42 bits per heavy atom. The molecule has 0 saturated carbocycles. The number of amides is 1. The summed E-state index contributed by atoms with van der Waals surface area (Å²) in [6.07, 6.45) is 1.62. The van der Waals surface area contributed by atoms with Crippen molar-refractivity contribution in [3.8, 4) is 11.5 Å². The maximum Gasteiger partial charge on any atom is 0.287 e. The Balaban J connectivity index is 1.49. The van der Waals surface area contributed by atoms with Crippen molar-refractivity contribution in [2.75, 3.05) is 33.9 Å². The van der Waals surface area contributed by atoms with Crippen molar-refractivity contribution in [3.63, 3.8) is 0 Å². The molecule has 1 aliphatic heterocycles. The number of carbonyl (C=O) groups excluding carboxylic acids is 1. The van der Waals surface area contributed by atoms with Gasteiger partial charge in [0.25, 0.3) is 5.91 Å². The number of sulfonamides is 1. The number of hydrogen-bond donors (Lipinski definition) is 1. The van der Waals surface area contributed by atoms with E-state index in [9.17, 15) is 13.2 Å². The van der Waals surface area contributed by atoms with Crippen LogP contribution in [0.15, 0.2) is 45.7 Å². The molecule has 2 heterocycles. The number of aryl methyl sites for hydroxylation is 1. The highest BCUT2D eigenvalue weighted by Gasteiger charge is 2.32. The molecular formula is C27H34N2O6S. The third-order valence-electron chi connectivity index (χ3n) is 6.73. The van der Waals surface area contributed by atoms with Crippen molar-refractivity contribution >= 4 is 26.9 Å². The molecule has 0 bridgehead atoms. The summed E-state index contributed by atoms with van der Waals surface area (Å²) in [5.74, 6) is 1.76. The third-order valence-corrected chi connectivity index (χ3v) is 8.56. The van der Waals surface area contributed by atoms with Crippen molar-refractivity contribution in [3.05, 3.63) is 53.3 Å². The molecule has 1 aliphatic rings. The fourth-order valence-corrected chi connectivity index (χ4v) is 6.67. The van der Waals surface area contributed by atoms with Gasteiger partial charge in [0.15, 0.2) is 17.3 Å². The number of hydrogen-bond acceptors (Lipinski definition) is 6. The molecule has 4 rings (SSSR count). The van der Waals surface area contributed by atoms with Gasteiger partial charge >= 0.3 is 0 Å². The minimum absolute atomic E-state index is 0.187. The smallest absolute Gasteiger partial charge is 0.287 e. The van der Waals surface area contributed by atoms with E-state index >= 15 is 0 Å². The molecule has 2 aromatic carbocycles. The summed E-state index contributed by atoms with van der Waals surface area (Å²) >= 11 is 0. The second-order valence-corrected chi connectivity index (χ2v) is 11.6. The number of nitrogens with zero attached hydrogens (tertiary/aromatic N) is 1. The first kappa shape index (κ1) is 26.0. The largest absolute Gasteiger partial charge is 0.493 e. The second-order valence-electron chi connectivity index (χ2n) is 9.68. The summed E-state index contributed by atoms with van der Waals surface area (Å²) in [6.45, 7) is 7.37. The van der Waals surface area contributed by atoms with Crippen molar-refractivity contribution in [1.82, 2.24) is 9.62 Å². The van der Waals surface area contributed by atoms with E-state index in [0.717, 1.165) is 12.0 Å². The van der Waals surface area contributed by atoms with Gasteiger partial charge in [-0.2, -0.15) is 4.31 Å². The number of benzene rings is 2. The van der Waals surface area contributed by atoms with Crippen molar-refractivity contribution in [1.29, 1.82) is 0 Å². The zero-order chi connectivity index (χ0) is 26.0. The Hall–Kier alpha value is -3.04. The van der Waals surface area contributed by atoms with Crippen LogP contribution in [0.3, 0.4) is 0 Å². The van der Waals surface area contributed by atoms with Gasteiger partial charge in [-0.05, 0) is 67.5 Å². The van der Waals surface area contributed by atoms with Crippen LogP contribution < -0.4 is 14.8 Å². The quantitative estimate of drug-likeness (QED) is 0.479. The number of carbonyl (C=O) groups is 1. The lowest BCUT2D eigenvalue weighted by atomic mass is 9.94. The zero-order valence-electron chi connectivity index (χ0n) is 21.5. The predicted octanol–water partition coefficient (Wildman–Crippen LogP) is 4.40. The first-order valence-corrected chi connectivity index (χ1v) is 13.6. The Morgan fingerprint density at radius 2 is 1.75 bits per heavy atom. The Morgan fingerprint density at radius 1 is 1.06 bits per heavy atom. The number of methoxy groups -OCH3 is 2. The standard InChI is InChI=1S/C27H34N2O6S/c1-17-12-18(2)16-29(15-17)36(31,32)21-7-9-23-22(14-21)19(3)26(35-23)27(30)28-11-10-20-6-8-24(33-4)25(13-20)34-5/h6-9,13-14,17-18H,10-12,15-16H2,1-5H3,(H,28,30)/t17-,18-/m0/s1. The molecule has 1 amide bonds. The highest BCUT2D eigenvalue weighted by Crippen LogP contribution is 2.31. The molecule has 36 heavy (non-hydrogen) atoms. The summed E-state index contributed by atoms with van der Waals surface area (Å²) in [4.78, 5) is 13.1. The van der Waals surface area contributed by atoms with Gasteiger partial charge in [0.1, 0.15) is 5.58 Å². The maximum atomic E-state index is 13.3. The molecule has 194 valence electrons. The number of rotatable bonds is 8. The second kappa shape index (κ2) is 10.5. The van der Waals surface area contributed by atoms with E-state index in [1.54, 1.807) is 43.6 Å². The van der Waals surface area contributed by atoms with E-state index in [1.807, 2.05) is 18.2 Å². The molecule has 0 radical (unpaired) electrons. The van der Waals surface area contributed by atoms with Crippen LogP contribution in [-0.4, -0.2) is 52.5 Å². The van der Waals surface area contributed by atoms with Crippen LogP contribution in [-0.2, 0) is 16.4 Å². The lowest BCUT2D eigenvalue weighted by molar-refractivity contribution is 0.0927. The van der Waals surface area contributed by atoms with E-state index < -0.39 is 10.0 Å². The van der Waals surface area contributed by atoms with Gasteiger partial charge < -0.3 is 19.2 Å². The number of nitrogens with one attached hydrogen (secondary N) is 1. The summed E-state index contributed by atoms with van der Waals surface area (Å²) in [6, 6.07) is 10.4. The Bertz CT molecular complexity index is 1350. The van der Waals surface area contributed by atoms with Gasteiger partial charge in [-0.1, -0.05) is 19.9 Å². The minimum atomic E-state index is -3.63. The van der Waals surface area contributed by atoms with Crippen LogP contribution >= 0.6 is 0 Å². The molecule has 8 nitrogen and oxygen atoms in total. The van der Waals surface area contributed by atoms with Crippen LogP contribution in [0.25, 0.3) is 11.0 Å². The molecule has 9 heteroatoms. The van der Waals surface area contributed by atoms with E-state index in [0.29, 0.717) is 65.9 Å². The number of piperidine rings is 1. The molecule has 1 fully saturated rings. The molecular weight excluding hydrogens is 480 g/mol. The van der Waals surface area contributed by atoms with E-state index in [2.05, 4.69) is 19.2 Å². The van der Waals surface area contributed by atoms with Gasteiger partial charge in [-0.25, -0.2) is 8.42 Å². The summed E-state index contributed by atoms with van der Waals surface area (Å²) in [5, 5.41) is 3.51. The molecule has 1 N–H and O–H groups in total. The van der Waals surface area contributed by atoms with Crippen molar-refractivity contribution in [2.45, 2.75) is 38.5 Å². The average Bonchev–Trinajstić information content (AvgIpc) is 3.19. The molecule has 3 aromatic rings. The molecule has 0 unspecified atom stereocenters. The highest BCUT2D eigenvalue weighted by molar-refractivity contribution is 7.89. The topological polar surface area (TPSA) is 98.1 Å². The average molecular weight is 515 g/mol. The van der Waals surface area contributed by atoms with Crippen LogP contribution in [0.1, 0.15) is 41.9 Å². The molecule has 2 atom stereocenters. The third kappa shape index (κ3) is 5.22. The maximum absolute atomic E-state index is 13.3. The van der Waals surface area contributed by atoms with Gasteiger partial charge in [-0.15, -0.1) is 0 Å². The van der Waals surface area contributed by atoms with Crippen LogP contribution in [0, 0.1) is 18.8 Å². The molecule has 1 saturated heterocycles. The van der Waals surface area contributed by atoms with Crippen LogP contribution in [0.2, 0.25) is 0 Å². The Kier molecular flexibility index (Phi) is 7.61. The molecule has 0 spiro atoms. The normalized spacial score (nSPS) is 18.8. The zero-order valence-corrected chi connectivity index (χ0v) is 22.3. The van der Waals surface area contributed by atoms with Gasteiger partial charge in [0.05, 0.1) is 19.1 Å². The van der Waals surface area contributed by atoms with Crippen LogP contribution in [0.5, 0.6) is 11.5 Å². The number of furan rings is 1. The monoisotopic (exact) mass is 514 g/mol. The Labute approximate surface area is 212 Å². The fourth-order valence-electron chi connectivity index (χ4n) is 4.96. The predicted molar refractivity (Wildman–Crippen MR) is 138 cm³/mol. The summed E-state index contributed by atoms with van der Waals surface area (Å²) in [7, 11) is -0.466. The first-order chi connectivity index (χ1) is 17.1. The van der Waals surface area contributed by atoms with Crippen molar-refractivity contribution in [2.24, 2.45) is 11.8 Å². The van der Waals surface area contributed by atoms with E-state index in [4.69, 9.17) is 13.9 Å². The lowest BCUT2D eigenvalue weighted by Gasteiger charge is -2.34. The number of ether oxygens (including phenoxy) is 2. The number of fused-ring (bicyclic) bond motifs is 1. The highest BCUT2D eigenvalue weighted by atomic mass is 32.2. The molecule has 1 aromatic heterocycles. The summed E-state index contributed by atoms with van der Waals surface area (Å²) < 4.78 is 44.7. The summed E-state index contributed by atoms with van der Waals surface area (Å²) in [5.41, 5.74) is 2.09.